The van der Waals surface area contributed by atoms with Crippen LogP contribution in [0.3, 0.4) is 0 Å². The molecule has 258 valence electrons. The molecule has 49 heavy (non-hydrogen) atoms. The van der Waals surface area contributed by atoms with Crippen molar-refractivity contribution in [2.24, 2.45) is 0 Å². The van der Waals surface area contributed by atoms with E-state index in [1.54, 1.807) is 31.2 Å². The summed E-state index contributed by atoms with van der Waals surface area (Å²) >= 11 is 12.2. The van der Waals surface area contributed by atoms with E-state index in [9.17, 15) is 27.6 Å². The van der Waals surface area contributed by atoms with Crippen LogP contribution in [0, 0.1) is 0 Å². The number of amides is 3. The Kier molecular flexibility index (Phi) is 11.4. The summed E-state index contributed by atoms with van der Waals surface area (Å²) in [5, 5.41) is 12.4. The third-order valence-electron chi connectivity index (χ3n) is 7.67. The van der Waals surface area contributed by atoms with Gasteiger partial charge in [-0.1, -0.05) is 47.8 Å². The maximum Gasteiger partial charge on any atom is 0.573 e. The van der Waals surface area contributed by atoms with Gasteiger partial charge in [0.15, 0.2) is 0 Å². The minimum atomic E-state index is -4.98. The zero-order valence-corrected chi connectivity index (χ0v) is 27.8. The summed E-state index contributed by atoms with van der Waals surface area (Å²) in [5.74, 6) is -1.09. The van der Waals surface area contributed by atoms with Gasteiger partial charge in [-0.15, -0.1) is 13.2 Å². The fraction of sp³-hybridized carbons (Fsp3) is 0.303. The van der Waals surface area contributed by atoms with Crippen LogP contribution in [-0.2, 0) is 6.54 Å². The fourth-order valence-corrected chi connectivity index (χ4v) is 5.80. The van der Waals surface area contributed by atoms with Crippen molar-refractivity contribution in [3.05, 3.63) is 86.9 Å². The molecule has 0 spiro atoms. The van der Waals surface area contributed by atoms with Gasteiger partial charge in [0, 0.05) is 43.2 Å². The summed E-state index contributed by atoms with van der Waals surface area (Å²) in [6.07, 6.45) is 0.955. The zero-order valence-electron chi connectivity index (χ0n) is 26.2. The molecule has 1 saturated heterocycles. The van der Waals surface area contributed by atoms with Gasteiger partial charge in [-0.2, -0.15) is 5.10 Å². The van der Waals surface area contributed by atoms with Crippen molar-refractivity contribution in [3.8, 4) is 28.1 Å². The molecule has 2 aromatic heterocycles. The Morgan fingerprint density at radius 1 is 0.939 bits per heavy atom. The Morgan fingerprint density at radius 2 is 1.65 bits per heavy atom. The molecule has 3 amide bonds. The average Bonchev–Trinajstić information content (AvgIpc) is 3.07. The topological polar surface area (TPSA) is 130 Å². The average molecular weight is 719 g/mol. The molecule has 16 heteroatoms. The lowest BCUT2D eigenvalue weighted by atomic mass is 9.99. The van der Waals surface area contributed by atoms with Crippen LogP contribution in [0.2, 0.25) is 10.0 Å². The maximum absolute atomic E-state index is 13.3. The predicted molar refractivity (Wildman–Crippen MR) is 181 cm³/mol. The van der Waals surface area contributed by atoms with Crippen molar-refractivity contribution in [1.29, 1.82) is 0 Å². The number of nitrogens with zero attached hydrogens (tertiary/aromatic N) is 4. The molecular weight excluding hydrogens is 686 g/mol. The second kappa shape index (κ2) is 15.7. The molecule has 0 radical (unpaired) electrons. The lowest BCUT2D eigenvalue weighted by molar-refractivity contribution is -0.274. The minimum absolute atomic E-state index is 0.00893. The smallest absolute Gasteiger partial charge is 0.406 e. The number of likely N-dealkylation sites (tertiary alicyclic amines) is 1. The van der Waals surface area contributed by atoms with Crippen LogP contribution in [0.15, 0.2) is 65.7 Å². The number of piperidine rings is 1. The Labute approximate surface area is 289 Å². The molecule has 0 saturated carbocycles. The van der Waals surface area contributed by atoms with E-state index in [1.165, 1.54) is 37.0 Å². The molecule has 0 unspecified atom stereocenters. The largest absolute Gasteiger partial charge is 0.573 e. The van der Waals surface area contributed by atoms with Gasteiger partial charge in [0.05, 0.1) is 21.4 Å². The summed E-state index contributed by atoms with van der Waals surface area (Å²) in [6.45, 7) is 4.71. The predicted octanol–water partition coefficient (Wildman–Crippen LogP) is 7.06. The molecule has 3 heterocycles. The molecular formula is C33H32Cl2F3N7O4. The Bertz CT molecular complexity index is 1880. The van der Waals surface area contributed by atoms with E-state index >= 15 is 0 Å². The molecule has 2 aromatic carbocycles. The number of benzene rings is 2. The van der Waals surface area contributed by atoms with Crippen LogP contribution in [0.5, 0.6) is 5.75 Å². The molecule has 3 N–H and O–H groups in total. The maximum atomic E-state index is 13.3. The number of ether oxygens (including phenoxy) is 1. The van der Waals surface area contributed by atoms with Crippen LogP contribution in [0.1, 0.15) is 36.5 Å². The van der Waals surface area contributed by atoms with E-state index in [4.69, 9.17) is 23.2 Å². The quantitative estimate of drug-likeness (QED) is 0.160. The van der Waals surface area contributed by atoms with Crippen molar-refractivity contribution < 1.29 is 27.5 Å². The number of hydrogen-bond acceptors (Lipinski definition) is 7. The number of nitrogens with one attached hydrogen (secondary N) is 3. The highest BCUT2D eigenvalue weighted by Crippen LogP contribution is 2.33. The van der Waals surface area contributed by atoms with Gasteiger partial charge in [-0.3, -0.25) is 14.6 Å². The van der Waals surface area contributed by atoms with E-state index in [0.29, 0.717) is 24.2 Å². The standard InChI is InChI=1S/C33H32Cl2F3N7O4/c1-2-45-31(47)28(41-32(48)42-29-25(34)18-39-19-26(29)35)17-27(43-45)21-8-6-7-20(13-21)22-14-23(16-24(15-22)49-33(36,37)38)30(46)40-9-12-44-10-4-3-5-11-44/h6-8,13-19H,2-5,9-12H2,1H3,(H,40,46)(H2,39,41,42,48). The van der Waals surface area contributed by atoms with Crippen LogP contribution in [0.4, 0.5) is 29.3 Å². The molecule has 5 rings (SSSR count). The number of alkyl halides is 3. The van der Waals surface area contributed by atoms with Crippen molar-refractivity contribution in [3.63, 3.8) is 0 Å². The third kappa shape index (κ3) is 9.49. The van der Waals surface area contributed by atoms with E-state index < -0.39 is 29.6 Å². The van der Waals surface area contributed by atoms with Crippen molar-refractivity contribution in [2.75, 3.05) is 36.8 Å². The van der Waals surface area contributed by atoms with Gasteiger partial charge in [0.25, 0.3) is 11.5 Å². The fourth-order valence-electron chi connectivity index (χ4n) is 5.34. The molecule has 0 aliphatic carbocycles. The summed E-state index contributed by atoms with van der Waals surface area (Å²) in [6, 6.07) is 10.9. The highest BCUT2D eigenvalue weighted by atomic mass is 35.5. The van der Waals surface area contributed by atoms with E-state index in [0.717, 1.165) is 36.7 Å². The second-order valence-corrected chi connectivity index (χ2v) is 12.0. The van der Waals surface area contributed by atoms with Crippen molar-refractivity contribution in [2.45, 2.75) is 39.1 Å². The minimum Gasteiger partial charge on any atom is -0.406 e. The number of urea groups is 1. The van der Waals surface area contributed by atoms with Gasteiger partial charge in [-0.25, -0.2) is 9.48 Å². The summed E-state index contributed by atoms with van der Waals surface area (Å²) in [7, 11) is 0. The summed E-state index contributed by atoms with van der Waals surface area (Å²) in [5.41, 5.74) is 0.855. The normalized spacial score (nSPS) is 13.5. The molecule has 4 aromatic rings. The first kappa shape index (κ1) is 35.6. The first-order chi connectivity index (χ1) is 23.4. The third-order valence-corrected chi connectivity index (χ3v) is 8.24. The van der Waals surface area contributed by atoms with Crippen molar-refractivity contribution >= 4 is 46.5 Å². The summed E-state index contributed by atoms with van der Waals surface area (Å²) < 4.78 is 45.2. The zero-order chi connectivity index (χ0) is 35.1. The van der Waals surface area contributed by atoms with Gasteiger partial charge in [0.1, 0.15) is 11.4 Å². The summed E-state index contributed by atoms with van der Waals surface area (Å²) in [4.78, 5) is 45.1. The first-order valence-electron chi connectivity index (χ1n) is 15.4. The number of halogens is 5. The molecule has 11 nitrogen and oxygen atoms in total. The van der Waals surface area contributed by atoms with E-state index in [1.807, 2.05) is 0 Å². The monoisotopic (exact) mass is 717 g/mol. The van der Waals surface area contributed by atoms with Crippen LogP contribution < -0.4 is 26.2 Å². The number of carbonyl (C=O) groups excluding carboxylic acids is 2. The molecule has 0 bridgehead atoms. The number of rotatable bonds is 10. The molecule has 0 atom stereocenters. The number of anilines is 2. The van der Waals surface area contributed by atoms with Gasteiger partial charge in [0.2, 0.25) is 0 Å². The number of carbonyl (C=O) groups is 2. The molecule has 1 aliphatic rings. The number of hydrogen-bond donors (Lipinski definition) is 3. The molecule has 1 fully saturated rings. The highest BCUT2D eigenvalue weighted by molar-refractivity contribution is 6.39. The van der Waals surface area contributed by atoms with Gasteiger partial charge >= 0.3 is 12.4 Å². The van der Waals surface area contributed by atoms with E-state index in [-0.39, 0.29) is 44.8 Å². The van der Waals surface area contributed by atoms with E-state index in [2.05, 4.69) is 35.7 Å². The molecule has 1 aliphatic heterocycles. The number of aromatic nitrogens is 3. The van der Waals surface area contributed by atoms with Gasteiger partial charge < -0.3 is 25.6 Å². The number of aryl methyl sites for hydroxylation is 1. The van der Waals surface area contributed by atoms with Crippen molar-refractivity contribution in [1.82, 2.24) is 25.0 Å². The lowest BCUT2D eigenvalue weighted by Gasteiger charge is -2.26. The highest BCUT2D eigenvalue weighted by Gasteiger charge is 2.31. The number of pyridine rings is 1. The Morgan fingerprint density at radius 3 is 2.35 bits per heavy atom. The SMILES string of the molecule is CCn1nc(-c2cccc(-c3cc(OC(F)(F)F)cc(C(=O)NCCN4CCCCC4)c3)c2)cc(NC(=O)Nc2c(Cl)cncc2Cl)c1=O. The Hall–Kier alpha value is -4.66. The van der Waals surface area contributed by atoms with Crippen LogP contribution in [0.25, 0.3) is 22.4 Å². The van der Waals surface area contributed by atoms with Crippen LogP contribution >= 0.6 is 23.2 Å². The first-order valence-corrected chi connectivity index (χ1v) is 16.2. The van der Waals surface area contributed by atoms with Crippen LogP contribution in [-0.4, -0.2) is 64.1 Å². The Balaban J connectivity index is 1.43. The second-order valence-electron chi connectivity index (χ2n) is 11.2. The van der Waals surface area contributed by atoms with Gasteiger partial charge in [-0.05, 0) is 74.3 Å². The lowest BCUT2D eigenvalue weighted by Crippen LogP contribution is -2.37.